The van der Waals surface area contributed by atoms with Crippen LogP contribution in [0.15, 0.2) is 10.6 Å². The van der Waals surface area contributed by atoms with Crippen LogP contribution in [-0.4, -0.2) is 69.5 Å². The number of nitrogens with zero attached hydrogens (tertiary/aromatic N) is 3. The van der Waals surface area contributed by atoms with E-state index in [-0.39, 0.29) is 35.2 Å². The number of nitrogens with one attached hydrogen (secondary N) is 3. The maximum atomic E-state index is 13.1. The number of fused-ring (bicyclic) bond motifs is 1. The Hall–Kier alpha value is -3.07. The number of amides is 4. The van der Waals surface area contributed by atoms with Gasteiger partial charge in [-0.05, 0) is 32.6 Å². The van der Waals surface area contributed by atoms with Gasteiger partial charge in [0.2, 0.25) is 17.7 Å². The first kappa shape index (κ1) is 22.1. The van der Waals surface area contributed by atoms with Gasteiger partial charge in [-0.1, -0.05) is 5.16 Å². The standard InChI is InChI=1S/C20H24N6O5S/c1-10-6-14(25-31-10)18(28)24-13-2-3-16-26(20(13)30)15(9-32-16)19(29)23-12(8-21)7-11-4-5-22-17(11)27/h6,11-13,15-16H,2-5,7,9H2,1H3,(H,22,27)(H,23,29)(H,24,28)/t11-,12-,13-,15-,16-/m0/s1. The van der Waals surface area contributed by atoms with Crippen molar-refractivity contribution in [2.45, 2.75) is 56.1 Å². The third-order valence-corrected chi connectivity index (χ3v) is 7.33. The van der Waals surface area contributed by atoms with E-state index in [1.807, 2.05) is 6.07 Å². The Labute approximate surface area is 188 Å². The van der Waals surface area contributed by atoms with Crippen LogP contribution in [0.5, 0.6) is 0 Å². The second-order valence-corrected chi connectivity index (χ2v) is 9.39. The lowest BCUT2D eigenvalue weighted by Gasteiger charge is -2.37. The molecule has 5 atom stereocenters. The molecule has 3 N–H and O–H groups in total. The molecule has 0 spiro atoms. The summed E-state index contributed by atoms with van der Waals surface area (Å²) in [5, 5.41) is 21.1. The van der Waals surface area contributed by atoms with E-state index in [1.54, 1.807) is 6.92 Å². The maximum absolute atomic E-state index is 13.1. The van der Waals surface area contributed by atoms with Gasteiger partial charge in [0, 0.05) is 24.3 Å². The minimum atomic E-state index is -0.814. The molecule has 0 aliphatic carbocycles. The quantitative estimate of drug-likeness (QED) is 0.521. The number of thioether (sulfide) groups is 1. The highest BCUT2D eigenvalue weighted by atomic mass is 32.2. The molecule has 1 aromatic heterocycles. The average Bonchev–Trinajstić information content (AvgIpc) is 3.50. The molecule has 0 unspecified atom stereocenters. The van der Waals surface area contributed by atoms with E-state index < -0.39 is 29.9 Å². The number of carbonyl (C=O) groups is 4. The Morgan fingerprint density at radius 1 is 1.41 bits per heavy atom. The van der Waals surface area contributed by atoms with Crippen LogP contribution in [0.25, 0.3) is 0 Å². The number of aromatic nitrogens is 1. The summed E-state index contributed by atoms with van der Waals surface area (Å²) in [5.41, 5.74) is 0.0929. The van der Waals surface area contributed by atoms with Crippen LogP contribution in [0.1, 0.15) is 41.9 Å². The molecule has 170 valence electrons. The predicted octanol–water partition coefficient (Wildman–Crippen LogP) is -0.320. The Kier molecular flexibility index (Phi) is 6.36. The van der Waals surface area contributed by atoms with Gasteiger partial charge in [0.25, 0.3) is 5.91 Å². The van der Waals surface area contributed by atoms with Crippen molar-refractivity contribution >= 4 is 35.4 Å². The third-order valence-electron chi connectivity index (χ3n) is 5.97. The molecule has 4 amide bonds. The van der Waals surface area contributed by atoms with E-state index in [1.165, 1.54) is 22.7 Å². The zero-order valence-electron chi connectivity index (χ0n) is 17.5. The van der Waals surface area contributed by atoms with Crippen LogP contribution in [0.2, 0.25) is 0 Å². The first-order valence-corrected chi connectivity index (χ1v) is 11.6. The monoisotopic (exact) mass is 460 g/mol. The predicted molar refractivity (Wildman–Crippen MR) is 112 cm³/mol. The normalized spacial score (nSPS) is 27.9. The van der Waals surface area contributed by atoms with Gasteiger partial charge in [-0.3, -0.25) is 19.2 Å². The van der Waals surface area contributed by atoms with E-state index in [4.69, 9.17) is 4.52 Å². The summed E-state index contributed by atoms with van der Waals surface area (Å²) < 4.78 is 4.91. The van der Waals surface area contributed by atoms with Crippen molar-refractivity contribution in [3.05, 3.63) is 17.5 Å². The summed E-state index contributed by atoms with van der Waals surface area (Å²) in [5.74, 6) is -0.773. The van der Waals surface area contributed by atoms with Gasteiger partial charge in [0.1, 0.15) is 23.9 Å². The number of carbonyl (C=O) groups excluding carboxylic acids is 4. The van der Waals surface area contributed by atoms with Crippen molar-refractivity contribution in [3.8, 4) is 6.07 Å². The van der Waals surface area contributed by atoms with Gasteiger partial charge < -0.3 is 25.4 Å². The molecule has 4 heterocycles. The lowest BCUT2D eigenvalue weighted by atomic mass is 9.98. The second-order valence-electron chi connectivity index (χ2n) is 8.18. The van der Waals surface area contributed by atoms with Gasteiger partial charge in [0.15, 0.2) is 5.69 Å². The van der Waals surface area contributed by atoms with E-state index >= 15 is 0 Å². The molecule has 3 aliphatic rings. The molecule has 0 bridgehead atoms. The highest BCUT2D eigenvalue weighted by Gasteiger charge is 2.47. The molecule has 3 fully saturated rings. The molecule has 3 saturated heterocycles. The highest BCUT2D eigenvalue weighted by molar-refractivity contribution is 8.00. The van der Waals surface area contributed by atoms with Gasteiger partial charge in [0.05, 0.1) is 11.4 Å². The lowest BCUT2D eigenvalue weighted by Crippen LogP contribution is -2.59. The molecule has 11 nitrogen and oxygen atoms in total. The third kappa shape index (κ3) is 4.43. The van der Waals surface area contributed by atoms with Gasteiger partial charge in [-0.15, -0.1) is 11.8 Å². The van der Waals surface area contributed by atoms with Crippen molar-refractivity contribution < 1.29 is 23.7 Å². The molecule has 4 rings (SSSR count). The van der Waals surface area contributed by atoms with Gasteiger partial charge in [-0.2, -0.15) is 5.26 Å². The Morgan fingerprint density at radius 3 is 2.88 bits per heavy atom. The largest absolute Gasteiger partial charge is 0.361 e. The van der Waals surface area contributed by atoms with Crippen LogP contribution >= 0.6 is 11.8 Å². The highest BCUT2D eigenvalue weighted by Crippen LogP contribution is 2.36. The number of hydrogen-bond donors (Lipinski definition) is 3. The van der Waals surface area contributed by atoms with E-state index in [0.29, 0.717) is 37.3 Å². The summed E-state index contributed by atoms with van der Waals surface area (Å²) in [7, 11) is 0. The fourth-order valence-corrected chi connectivity index (χ4v) is 5.73. The van der Waals surface area contributed by atoms with Crippen molar-refractivity contribution in [2.75, 3.05) is 12.3 Å². The summed E-state index contributed by atoms with van der Waals surface area (Å²) >= 11 is 1.51. The maximum Gasteiger partial charge on any atom is 0.274 e. The number of rotatable bonds is 6. The van der Waals surface area contributed by atoms with Crippen molar-refractivity contribution in [1.29, 1.82) is 5.26 Å². The Balaban J connectivity index is 1.39. The Morgan fingerprint density at radius 2 is 2.22 bits per heavy atom. The molecule has 0 saturated carbocycles. The smallest absolute Gasteiger partial charge is 0.274 e. The number of piperidine rings is 1. The van der Waals surface area contributed by atoms with Crippen LogP contribution in [0, 0.1) is 24.2 Å². The number of hydrogen-bond acceptors (Lipinski definition) is 8. The van der Waals surface area contributed by atoms with Crippen molar-refractivity contribution in [3.63, 3.8) is 0 Å². The summed E-state index contributed by atoms with van der Waals surface area (Å²) in [6.07, 6.45) is 1.96. The molecule has 1 aromatic rings. The topological polar surface area (TPSA) is 157 Å². The summed E-state index contributed by atoms with van der Waals surface area (Å²) in [6, 6.07) is 1.22. The van der Waals surface area contributed by atoms with E-state index in [9.17, 15) is 24.4 Å². The average molecular weight is 461 g/mol. The first-order valence-electron chi connectivity index (χ1n) is 10.5. The zero-order chi connectivity index (χ0) is 22.8. The second kappa shape index (κ2) is 9.20. The van der Waals surface area contributed by atoms with Crippen LogP contribution in [0.4, 0.5) is 0 Å². The number of aryl methyl sites for hydroxylation is 1. The molecule has 12 heteroatoms. The van der Waals surface area contributed by atoms with Crippen molar-refractivity contribution in [1.82, 2.24) is 26.0 Å². The molecule has 32 heavy (non-hydrogen) atoms. The zero-order valence-corrected chi connectivity index (χ0v) is 18.3. The van der Waals surface area contributed by atoms with Gasteiger partial charge in [-0.25, -0.2) is 0 Å². The summed E-state index contributed by atoms with van der Waals surface area (Å²) in [4.78, 5) is 51.8. The molecule has 3 aliphatic heterocycles. The minimum Gasteiger partial charge on any atom is -0.361 e. The van der Waals surface area contributed by atoms with Crippen LogP contribution < -0.4 is 16.0 Å². The minimum absolute atomic E-state index is 0.0929. The summed E-state index contributed by atoms with van der Waals surface area (Å²) in [6.45, 7) is 2.23. The van der Waals surface area contributed by atoms with Crippen molar-refractivity contribution in [2.24, 2.45) is 5.92 Å². The number of nitriles is 1. The van der Waals surface area contributed by atoms with Crippen LogP contribution in [-0.2, 0) is 14.4 Å². The first-order chi connectivity index (χ1) is 15.4. The van der Waals surface area contributed by atoms with Crippen LogP contribution in [0.3, 0.4) is 0 Å². The molecular formula is C20H24N6O5S. The molecular weight excluding hydrogens is 436 g/mol. The fraction of sp³-hybridized carbons (Fsp3) is 0.600. The SMILES string of the molecule is Cc1cc(C(=O)N[C@H]2CC[C@@H]3SC[C@@H](C(=O)N[C@H](C#N)C[C@@H]4CCNC4=O)N3C2=O)no1. The van der Waals surface area contributed by atoms with E-state index in [2.05, 4.69) is 21.1 Å². The molecule has 0 aromatic carbocycles. The fourth-order valence-electron chi connectivity index (χ4n) is 4.30. The van der Waals surface area contributed by atoms with Gasteiger partial charge >= 0.3 is 0 Å². The van der Waals surface area contributed by atoms with E-state index in [0.717, 1.165) is 0 Å². The molecule has 0 radical (unpaired) electrons. The lowest BCUT2D eigenvalue weighted by molar-refractivity contribution is -0.143. The Bertz CT molecular complexity index is 974.